The van der Waals surface area contributed by atoms with Crippen molar-refractivity contribution >= 4 is 17.4 Å². The van der Waals surface area contributed by atoms with Gasteiger partial charge in [0.2, 0.25) is 0 Å². The Morgan fingerprint density at radius 3 is 2.43 bits per heavy atom. The molecule has 188 valence electrons. The molecule has 6 nitrogen and oxygen atoms in total. The number of rotatable bonds is 7. The maximum atomic E-state index is 13.9. The predicted octanol–water partition coefficient (Wildman–Crippen LogP) is 5.88. The molecule has 0 bridgehead atoms. The van der Waals surface area contributed by atoms with E-state index in [1.54, 1.807) is 19.2 Å². The lowest BCUT2D eigenvalue weighted by atomic mass is 9.74. The van der Waals surface area contributed by atoms with Crippen molar-refractivity contribution in [3.8, 4) is 11.5 Å². The Labute approximate surface area is 217 Å². The standard InChI is InChI=1S/C31H30N2O4/c1-20-28(31(35)33-23-14-7-9-18-27(23)36-2)29(30-24(32-20)15-10-16-25(30)34)22-13-6-8-17-26(22)37-19-21-11-4-3-5-12-21/h3-9,11-14,17-18,29,32H,10,15-16,19H2,1-2H3,(H,33,35)/t29-/m1/s1. The van der Waals surface area contributed by atoms with E-state index >= 15 is 0 Å². The molecule has 0 saturated carbocycles. The van der Waals surface area contributed by atoms with Gasteiger partial charge in [0.1, 0.15) is 18.1 Å². The highest BCUT2D eigenvalue weighted by atomic mass is 16.5. The van der Waals surface area contributed by atoms with Crippen LogP contribution in [0, 0.1) is 0 Å². The number of benzene rings is 3. The first-order valence-electron chi connectivity index (χ1n) is 12.5. The predicted molar refractivity (Wildman–Crippen MR) is 143 cm³/mol. The third kappa shape index (κ3) is 5.00. The summed E-state index contributed by atoms with van der Waals surface area (Å²) in [5, 5.41) is 6.39. The molecule has 0 fully saturated rings. The van der Waals surface area contributed by atoms with E-state index < -0.39 is 5.92 Å². The Morgan fingerprint density at radius 1 is 0.946 bits per heavy atom. The van der Waals surface area contributed by atoms with Gasteiger partial charge < -0.3 is 20.1 Å². The van der Waals surface area contributed by atoms with Gasteiger partial charge in [0, 0.05) is 34.5 Å². The smallest absolute Gasteiger partial charge is 0.254 e. The topological polar surface area (TPSA) is 76.7 Å². The van der Waals surface area contributed by atoms with Crippen molar-refractivity contribution < 1.29 is 19.1 Å². The van der Waals surface area contributed by atoms with Crippen LogP contribution in [0.1, 0.15) is 43.2 Å². The zero-order chi connectivity index (χ0) is 25.8. The highest BCUT2D eigenvalue weighted by Crippen LogP contribution is 2.45. The quantitative estimate of drug-likeness (QED) is 0.429. The van der Waals surface area contributed by atoms with Crippen LogP contribution in [0.5, 0.6) is 11.5 Å². The summed E-state index contributed by atoms with van der Waals surface area (Å²) in [6.45, 7) is 2.27. The Morgan fingerprint density at radius 2 is 1.65 bits per heavy atom. The summed E-state index contributed by atoms with van der Waals surface area (Å²) < 4.78 is 11.7. The third-order valence-corrected chi connectivity index (χ3v) is 6.84. The van der Waals surface area contributed by atoms with Gasteiger partial charge in [0.15, 0.2) is 5.78 Å². The van der Waals surface area contributed by atoms with Gasteiger partial charge in [-0.05, 0) is 43.5 Å². The van der Waals surface area contributed by atoms with Gasteiger partial charge in [0.25, 0.3) is 5.91 Å². The fraction of sp³-hybridized carbons (Fsp3) is 0.226. The molecule has 2 N–H and O–H groups in total. The van der Waals surface area contributed by atoms with Crippen LogP contribution in [0.4, 0.5) is 5.69 Å². The van der Waals surface area contributed by atoms with Crippen LogP contribution in [0.25, 0.3) is 0 Å². The number of hydrogen-bond donors (Lipinski definition) is 2. The van der Waals surface area contributed by atoms with Crippen molar-refractivity contribution in [2.45, 2.75) is 38.7 Å². The number of allylic oxidation sites excluding steroid dienone is 3. The number of ether oxygens (including phenoxy) is 2. The van der Waals surface area contributed by atoms with Gasteiger partial charge in [-0.2, -0.15) is 0 Å². The normalized spacial score (nSPS) is 17.1. The van der Waals surface area contributed by atoms with Gasteiger partial charge in [-0.3, -0.25) is 9.59 Å². The first-order chi connectivity index (χ1) is 18.1. The van der Waals surface area contributed by atoms with Crippen molar-refractivity contribution in [1.82, 2.24) is 5.32 Å². The molecular formula is C31H30N2O4. The Balaban J connectivity index is 1.56. The molecule has 37 heavy (non-hydrogen) atoms. The molecule has 5 rings (SSSR count). The molecule has 1 amide bonds. The number of carbonyl (C=O) groups is 2. The molecule has 1 heterocycles. The molecule has 1 aliphatic carbocycles. The zero-order valence-corrected chi connectivity index (χ0v) is 21.0. The van der Waals surface area contributed by atoms with Gasteiger partial charge >= 0.3 is 0 Å². The monoisotopic (exact) mass is 494 g/mol. The molecule has 1 aliphatic heterocycles. The molecule has 0 spiro atoms. The summed E-state index contributed by atoms with van der Waals surface area (Å²) in [6.07, 6.45) is 2.02. The summed E-state index contributed by atoms with van der Waals surface area (Å²) in [7, 11) is 1.57. The molecular weight excluding hydrogens is 464 g/mol. The van der Waals surface area contributed by atoms with Crippen molar-refractivity contribution in [3.63, 3.8) is 0 Å². The van der Waals surface area contributed by atoms with Gasteiger partial charge in [-0.15, -0.1) is 0 Å². The Hall–Kier alpha value is -4.32. The van der Waals surface area contributed by atoms with Crippen molar-refractivity contribution in [2.75, 3.05) is 12.4 Å². The number of ketones is 1. The van der Waals surface area contributed by atoms with Crippen LogP contribution in [-0.4, -0.2) is 18.8 Å². The SMILES string of the molecule is COc1ccccc1NC(=O)C1=C(C)NC2=C(C(=O)CCC2)[C@@H]1c1ccccc1OCc1ccccc1. The van der Waals surface area contributed by atoms with Crippen LogP contribution < -0.4 is 20.1 Å². The fourth-order valence-corrected chi connectivity index (χ4v) is 5.12. The maximum absolute atomic E-state index is 13.9. The van der Waals surface area contributed by atoms with Gasteiger partial charge in [0.05, 0.1) is 18.7 Å². The molecule has 3 aromatic rings. The molecule has 0 saturated heterocycles. The summed E-state index contributed by atoms with van der Waals surface area (Å²) >= 11 is 0. The second kappa shape index (κ2) is 10.7. The minimum Gasteiger partial charge on any atom is -0.495 e. The van der Waals surface area contributed by atoms with Crippen LogP contribution in [0.3, 0.4) is 0 Å². The number of Topliss-reactive ketones (excluding diaryl/α,β-unsaturated/α-hetero) is 1. The van der Waals surface area contributed by atoms with E-state index in [2.05, 4.69) is 10.6 Å². The van der Waals surface area contributed by atoms with Crippen molar-refractivity contribution in [3.05, 3.63) is 113 Å². The zero-order valence-electron chi connectivity index (χ0n) is 21.0. The maximum Gasteiger partial charge on any atom is 0.254 e. The Bertz CT molecular complexity index is 1390. The number of para-hydroxylation sites is 3. The molecule has 6 heteroatoms. The number of dihydropyridines is 1. The van der Waals surface area contributed by atoms with E-state index in [1.165, 1.54) is 0 Å². The highest BCUT2D eigenvalue weighted by molar-refractivity contribution is 6.10. The average Bonchev–Trinajstić information content (AvgIpc) is 2.92. The first kappa shape index (κ1) is 24.4. The van der Waals surface area contributed by atoms with Crippen molar-refractivity contribution in [2.24, 2.45) is 0 Å². The van der Waals surface area contributed by atoms with E-state index in [-0.39, 0.29) is 11.7 Å². The van der Waals surface area contributed by atoms with Crippen LogP contribution >= 0.6 is 0 Å². The van der Waals surface area contributed by atoms with E-state index in [0.29, 0.717) is 41.4 Å². The molecule has 0 unspecified atom stereocenters. The van der Waals surface area contributed by atoms with E-state index in [0.717, 1.165) is 35.4 Å². The van der Waals surface area contributed by atoms with Crippen LogP contribution in [0.2, 0.25) is 0 Å². The lowest BCUT2D eigenvalue weighted by Crippen LogP contribution is -2.35. The summed E-state index contributed by atoms with van der Waals surface area (Å²) in [6, 6.07) is 24.9. The van der Waals surface area contributed by atoms with E-state index in [9.17, 15) is 9.59 Å². The summed E-state index contributed by atoms with van der Waals surface area (Å²) in [4.78, 5) is 27.2. The number of carbonyl (C=O) groups excluding carboxylic acids is 2. The van der Waals surface area contributed by atoms with E-state index in [1.807, 2.05) is 73.7 Å². The van der Waals surface area contributed by atoms with Crippen molar-refractivity contribution in [1.29, 1.82) is 0 Å². The number of methoxy groups -OCH3 is 1. The summed E-state index contributed by atoms with van der Waals surface area (Å²) in [5.74, 6) is 0.438. The van der Waals surface area contributed by atoms with Gasteiger partial charge in [-0.1, -0.05) is 60.7 Å². The molecule has 0 radical (unpaired) electrons. The van der Waals surface area contributed by atoms with Gasteiger partial charge in [-0.25, -0.2) is 0 Å². The third-order valence-electron chi connectivity index (χ3n) is 6.84. The second-order valence-corrected chi connectivity index (χ2v) is 9.23. The number of anilines is 1. The number of nitrogens with one attached hydrogen (secondary N) is 2. The fourth-order valence-electron chi connectivity index (χ4n) is 5.12. The van der Waals surface area contributed by atoms with E-state index in [4.69, 9.17) is 9.47 Å². The summed E-state index contributed by atoms with van der Waals surface area (Å²) in [5.41, 5.74) is 5.17. The Kier molecular flexibility index (Phi) is 7.08. The largest absolute Gasteiger partial charge is 0.495 e. The molecule has 0 aromatic heterocycles. The number of amides is 1. The lowest BCUT2D eigenvalue weighted by molar-refractivity contribution is -0.116. The molecule has 2 aliphatic rings. The van der Waals surface area contributed by atoms with Crippen LogP contribution in [-0.2, 0) is 16.2 Å². The minimum atomic E-state index is -0.550. The lowest BCUT2D eigenvalue weighted by Gasteiger charge is -2.35. The molecule has 1 atom stereocenters. The minimum absolute atomic E-state index is 0.0618. The number of hydrogen-bond acceptors (Lipinski definition) is 5. The average molecular weight is 495 g/mol. The van der Waals surface area contributed by atoms with Crippen LogP contribution in [0.15, 0.2) is 101 Å². The first-order valence-corrected chi connectivity index (χ1v) is 12.5. The molecule has 3 aromatic carbocycles. The second-order valence-electron chi connectivity index (χ2n) is 9.23. The highest BCUT2D eigenvalue weighted by Gasteiger charge is 2.39.